The van der Waals surface area contributed by atoms with E-state index in [1.807, 2.05) is 48.9 Å². The number of fused-ring (bicyclic) bond motifs is 1. The van der Waals surface area contributed by atoms with Crippen LogP contribution >= 0.6 is 0 Å². The molecule has 90 valence electrons. The van der Waals surface area contributed by atoms with Crippen LogP contribution in [-0.2, 0) is 4.79 Å². The fourth-order valence-corrected chi connectivity index (χ4v) is 2.11. The Bertz CT molecular complexity index is 569. The molecular formula is C13H17N3O. The van der Waals surface area contributed by atoms with Crippen molar-refractivity contribution in [1.29, 1.82) is 0 Å². The first-order valence-electron chi connectivity index (χ1n) is 5.57. The summed E-state index contributed by atoms with van der Waals surface area (Å²) in [5, 5.41) is 6.01. The lowest BCUT2D eigenvalue weighted by molar-refractivity contribution is -0.114. The van der Waals surface area contributed by atoms with Crippen LogP contribution in [0.15, 0.2) is 24.3 Å². The van der Waals surface area contributed by atoms with Crippen molar-refractivity contribution >= 4 is 22.6 Å². The molecule has 4 nitrogen and oxygen atoms in total. The van der Waals surface area contributed by atoms with E-state index in [9.17, 15) is 4.79 Å². The van der Waals surface area contributed by atoms with Crippen LogP contribution in [0.3, 0.4) is 0 Å². The van der Waals surface area contributed by atoms with Gasteiger partial charge >= 0.3 is 0 Å². The molecule has 0 radical (unpaired) electrons. The van der Waals surface area contributed by atoms with Gasteiger partial charge in [0, 0.05) is 32.0 Å². The number of aromatic nitrogens is 1. The Balaban J connectivity index is 2.75. The first-order chi connectivity index (χ1) is 8.02. The molecule has 0 atom stereocenters. The number of benzene rings is 1. The lowest BCUT2D eigenvalue weighted by Gasteiger charge is -2.19. The lowest BCUT2D eigenvalue weighted by atomic mass is 10.2. The van der Waals surface area contributed by atoms with Crippen LogP contribution in [0, 0.1) is 6.92 Å². The van der Waals surface area contributed by atoms with Crippen LogP contribution in [-0.4, -0.2) is 24.7 Å². The van der Waals surface area contributed by atoms with Gasteiger partial charge in [-0.2, -0.15) is 0 Å². The number of hydrogen-bond donors (Lipinski definition) is 1. The molecule has 0 saturated heterocycles. The molecule has 0 saturated carbocycles. The van der Waals surface area contributed by atoms with E-state index >= 15 is 0 Å². The lowest BCUT2D eigenvalue weighted by Crippen LogP contribution is -2.27. The van der Waals surface area contributed by atoms with Gasteiger partial charge in [-0.1, -0.05) is 18.2 Å². The number of rotatable bonds is 2. The van der Waals surface area contributed by atoms with Crippen molar-refractivity contribution < 1.29 is 4.79 Å². The van der Waals surface area contributed by atoms with Gasteiger partial charge in [-0.3, -0.25) is 4.79 Å². The standard InChI is InChI=1S/C13H17N3O/c1-9-11-7-5-6-8-12(11)16(15(3)4)13(9)14-10(2)17/h5-8H,1-4H3,(H,14,17). The number of carbonyl (C=O) groups is 1. The Morgan fingerprint density at radius 2 is 1.94 bits per heavy atom. The number of nitrogens with one attached hydrogen (secondary N) is 1. The van der Waals surface area contributed by atoms with Crippen molar-refractivity contribution in [2.45, 2.75) is 13.8 Å². The largest absolute Gasteiger partial charge is 0.317 e. The normalized spacial score (nSPS) is 10.6. The van der Waals surface area contributed by atoms with Crippen LogP contribution in [0.5, 0.6) is 0 Å². The summed E-state index contributed by atoms with van der Waals surface area (Å²) >= 11 is 0. The van der Waals surface area contributed by atoms with E-state index in [2.05, 4.69) is 11.4 Å². The van der Waals surface area contributed by atoms with Crippen LogP contribution in [0.25, 0.3) is 10.9 Å². The summed E-state index contributed by atoms with van der Waals surface area (Å²) in [5.41, 5.74) is 2.18. The monoisotopic (exact) mass is 231 g/mol. The second kappa shape index (κ2) is 4.13. The number of para-hydroxylation sites is 1. The van der Waals surface area contributed by atoms with Gasteiger partial charge in [-0.15, -0.1) is 0 Å². The van der Waals surface area contributed by atoms with E-state index in [0.29, 0.717) is 0 Å². The van der Waals surface area contributed by atoms with Gasteiger partial charge in [-0.25, -0.2) is 4.68 Å². The highest BCUT2D eigenvalue weighted by Crippen LogP contribution is 2.29. The smallest absolute Gasteiger partial charge is 0.222 e. The van der Waals surface area contributed by atoms with Crippen LogP contribution < -0.4 is 10.3 Å². The third-order valence-corrected chi connectivity index (χ3v) is 2.80. The molecule has 2 rings (SSSR count). The number of nitrogens with zero attached hydrogens (tertiary/aromatic N) is 2. The zero-order valence-electron chi connectivity index (χ0n) is 10.6. The molecule has 0 aliphatic rings. The summed E-state index contributed by atoms with van der Waals surface area (Å²) in [4.78, 5) is 11.3. The third kappa shape index (κ3) is 1.86. The molecular weight excluding hydrogens is 214 g/mol. The van der Waals surface area contributed by atoms with Gasteiger partial charge in [0.15, 0.2) is 0 Å². The zero-order chi connectivity index (χ0) is 12.6. The third-order valence-electron chi connectivity index (χ3n) is 2.80. The minimum Gasteiger partial charge on any atom is -0.317 e. The molecule has 0 unspecified atom stereocenters. The summed E-state index contributed by atoms with van der Waals surface area (Å²) in [6.45, 7) is 3.55. The second-order valence-corrected chi connectivity index (χ2v) is 4.33. The fourth-order valence-electron chi connectivity index (χ4n) is 2.11. The number of amides is 1. The van der Waals surface area contributed by atoms with Gasteiger partial charge in [0.05, 0.1) is 5.52 Å². The Morgan fingerprint density at radius 1 is 1.29 bits per heavy atom. The molecule has 1 N–H and O–H groups in total. The van der Waals surface area contributed by atoms with Gasteiger partial charge < -0.3 is 10.3 Å². The highest BCUT2D eigenvalue weighted by Gasteiger charge is 2.15. The fraction of sp³-hybridized carbons (Fsp3) is 0.308. The van der Waals surface area contributed by atoms with Crippen LogP contribution in [0.4, 0.5) is 5.82 Å². The first-order valence-corrected chi connectivity index (χ1v) is 5.57. The van der Waals surface area contributed by atoms with E-state index in [1.54, 1.807) is 0 Å². The maximum atomic E-state index is 11.3. The van der Waals surface area contributed by atoms with E-state index < -0.39 is 0 Å². The predicted molar refractivity (Wildman–Crippen MR) is 71.0 cm³/mol. The van der Waals surface area contributed by atoms with Crippen LogP contribution in [0.2, 0.25) is 0 Å². The summed E-state index contributed by atoms with van der Waals surface area (Å²) < 4.78 is 2.01. The molecule has 1 heterocycles. The summed E-state index contributed by atoms with van der Waals surface area (Å²) in [7, 11) is 3.91. The topological polar surface area (TPSA) is 37.3 Å². The van der Waals surface area contributed by atoms with Crippen molar-refractivity contribution in [3.05, 3.63) is 29.8 Å². The number of aryl methyl sites for hydroxylation is 1. The van der Waals surface area contributed by atoms with E-state index in [1.165, 1.54) is 6.92 Å². The van der Waals surface area contributed by atoms with Crippen molar-refractivity contribution in [1.82, 2.24) is 4.68 Å². The van der Waals surface area contributed by atoms with Crippen molar-refractivity contribution in [3.8, 4) is 0 Å². The minimum absolute atomic E-state index is 0.0565. The van der Waals surface area contributed by atoms with Crippen molar-refractivity contribution in [2.75, 3.05) is 24.4 Å². The molecule has 1 amide bonds. The maximum absolute atomic E-state index is 11.3. The minimum atomic E-state index is -0.0565. The highest BCUT2D eigenvalue weighted by molar-refractivity contribution is 5.96. The molecule has 0 aliphatic carbocycles. The SMILES string of the molecule is CC(=O)Nc1c(C)c2ccccc2n1N(C)C. The Labute approximate surface area is 101 Å². The highest BCUT2D eigenvalue weighted by atomic mass is 16.1. The summed E-state index contributed by atoms with van der Waals surface area (Å²) in [6.07, 6.45) is 0. The molecule has 1 aromatic carbocycles. The Kier molecular flexibility index (Phi) is 2.79. The average Bonchev–Trinajstić information content (AvgIpc) is 2.52. The molecule has 0 spiro atoms. The van der Waals surface area contributed by atoms with Gasteiger partial charge in [0.2, 0.25) is 5.91 Å². The second-order valence-electron chi connectivity index (χ2n) is 4.33. The summed E-state index contributed by atoms with van der Waals surface area (Å²) in [5.74, 6) is 0.780. The summed E-state index contributed by atoms with van der Waals surface area (Å²) in [6, 6.07) is 8.12. The first kappa shape index (κ1) is 11.5. The van der Waals surface area contributed by atoms with Gasteiger partial charge in [0.1, 0.15) is 5.82 Å². The molecule has 0 fully saturated rings. The van der Waals surface area contributed by atoms with E-state index in [-0.39, 0.29) is 5.91 Å². The van der Waals surface area contributed by atoms with E-state index in [0.717, 1.165) is 22.3 Å². The average molecular weight is 231 g/mol. The number of hydrogen-bond acceptors (Lipinski definition) is 2. The zero-order valence-corrected chi connectivity index (χ0v) is 10.6. The van der Waals surface area contributed by atoms with Crippen LogP contribution in [0.1, 0.15) is 12.5 Å². The molecule has 17 heavy (non-hydrogen) atoms. The molecule has 4 heteroatoms. The van der Waals surface area contributed by atoms with Gasteiger partial charge in [0.25, 0.3) is 0 Å². The molecule has 0 aliphatic heterocycles. The molecule has 2 aromatic rings. The number of carbonyl (C=O) groups excluding carboxylic acids is 1. The molecule has 1 aromatic heterocycles. The Morgan fingerprint density at radius 3 is 2.53 bits per heavy atom. The Hall–Kier alpha value is -1.97. The van der Waals surface area contributed by atoms with Gasteiger partial charge in [-0.05, 0) is 13.0 Å². The quantitative estimate of drug-likeness (QED) is 0.859. The number of anilines is 1. The molecule has 0 bridgehead atoms. The van der Waals surface area contributed by atoms with Crippen molar-refractivity contribution in [2.24, 2.45) is 0 Å². The predicted octanol–water partition coefficient (Wildman–Crippen LogP) is 2.11. The van der Waals surface area contributed by atoms with E-state index in [4.69, 9.17) is 0 Å². The van der Waals surface area contributed by atoms with Crippen molar-refractivity contribution in [3.63, 3.8) is 0 Å². The maximum Gasteiger partial charge on any atom is 0.222 e.